The third-order valence-corrected chi connectivity index (χ3v) is 6.57. The molecular formula is C23H24FNO3S. The topological polar surface area (TPSA) is 46.6 Å². The van der Waals surface area contributed by atoms with Crippen LogP contribution in [0, 0.1) is 5.82 Å². The Morgan fingerprint density at radius 3 is 2.17 bits per heavy atom. The van der Waals surface area contributed by atoms with Gasteiger partial charge in [0.05, 0.1) is 19.3 Å². The van der Waals surface area contributed by atoms with Crippen molar-refractivity contribution in [1.82, 2.24) is 0 Å². The quantitative estimate of drug-likeness (QED) is 0.524. The van der Waals surface area contributed by atoms with E-state index in [0.29, 0.717) is 22.9 Å². The number of benzene rings is 3. The van der Waals surface area contributed by atoms with Gasteiger partial charge < -0.3 is 4.74 Å². The van der Waals surface area contributed by atoms with Gasteiger partial charge in [-0.2, -0.15) is 0 Å². The average Bonchev–Trinajstić information content (AvgIpc) is 2.72. The van der Waals surface area contributed by atoms with Gasteiger partial charge >= 0.3 is 0 Å². The molecule has 0 aromatic heterocycles. The molecule has 0 amide bonds. The maximum atomic E-state index is 14.4. The summed E-state index contributed by atoms with van der Waals surface area (Å²) in [7, 11) is -2.60. The molecule has 29 heavy (non-hydrogen) atoms. The average molecular weight is 414 g/mol. The lowest BCUT2D eigenvalue weighted by atomic mass is 10.0. The van der Waals surface area contributed by atoms with Crippen LogP contribution in [0.15, 0.2) is 77.7 Å². The third-order valence-electron chi connectivity index (χ3n) is 4.76. The Bertz CT molecular complexity index is 1080. The van der Waals surface area contributed by atoms with Crippen molar-refractivity contribution in [3.8, 4) is 5.75 Å². The molecule has 0 radical (unpaired) electrons. The molecule has 0 heterocycles. The van der Waals surface area contributed by atoms with E-state index >= 15 is 0 Å². The molecule has 0 atom stereocenters. The fourth-order valence-corrected chi connectivity index (χ4v) is 4.61. The fraction of sp³-hybridized carbons (Fsp3) is 0.217. The van der Waals surface area contributed by atoms with Gasteiger partial charge in [0.1, 0.15) is 16.5 Å². The Morgan fingerprint density at radius 2 is 1.55 bits per heavy atom. The van der Waals surface area contributed by atoms with Gasteiger partial charge in [-0.1, -0.05) is 56.3 Å². The first-order chi connectivity index (χ1) is 13.8. The fourth-order valence-electron chi connectivity index (χ4n) is 3.10. The van der Waals surface area contributed by atoms with E-state index in [0.717, 1.165) is 11.6 Å². The van der Waals surface area contributed by atoms with Crippen LogP contribution in [0.4, 0.5) is 10.1 Å². The molecule has 3 aromatic carbocycles. The molecule has 0 saturated carbocycles. The van der Waals surface area contributed by atoms with Crippen molar-refractivity contribution < 1.29 is 17.5 Å². The Kier molecular flexibility index (Phi) is 6.23. The molecule has 152 valence electrons. The number of halogens is 1. The van der Waals surface area contributed by atoms with Gasteiger partial charge in [0, 0.05) is 5.56 Å². The predicted molar refractivity (Wildman–Crippen MR) is 113 cm³/mol. The minimum Gasteiger partial charge on any atom is -0.496 e. The summed E-state index contributed by atoms with van der Waals surface area (Å²) in [5.41, 5.74) is 2.24. The van der Waals surface area contributed by atoms with E-state index in [2.05, 4.69) is 13.8 Å². The first-order valence-electron chi connectivity index (χ1n) is 9.33. The third kappa shape index (κ3) is 4.43. The van der Waals surface area contributed by atoms with Gasteiger partial charge in [-0.05, 0) is 41.8 Å². The van der Waals surface area contributed by atoms with E-state index in [-0.39, 0.29) is 11.4 Å². The normalized spacial score (nSPS) is 11.5. The zero-order valence-corrected chi connectivity index (χ0v) is 17.5. The molecule has 0 spiro atoms. The second kappa shape index (κ2) is 8.66. The molecule has 4 nitrogen and oxygen atoms in total. The second-order valence-electron chi connectivity index (χ2n) is 7.00. The summed E-state index contributed by atoms with van der Waals surface area (Å²) in [6.07, 6.45) is 0. The van der Waals surface area contributed by atoms with Crippen LogP contribution in [0.3, 0.4) is 0 Å². The summed E-state index contributed by atoms with van der Waals surface area (Å²) in [6, 6.07) is 19.9. The number of ether oxygens (including phenoxy) is 1. The lowest BCUT2D eigenvalue weighted by molar-refractivity contribution is 0.410. The van der Waals surface area contributed by atoms with Crippen molar-refractivity contribution in [3.63, 3.8) is 0 Å². The smallest absolute Gasteiger partial charge is 0.267 e. The summed E-state index contributed by atoms with van der Waals surface area (Å²) >= 11 is 0. The van der Waals surface area contributed by atoms with Gasteiger partial charge in [-0.15, -0.1) is 0 Å². The summed E-state index contributed by atoms with van der Waals surface area (Å²) in [5.74, 6) is 0.103. The molecule has 6 heteroatoms. The van der Waals surface area contributed by atoms with Gasteiger partial charge in [-0.25, -0.2) is 12.8 Å². The van der Waals surface area contributed by atoms with Gasteiger partial charge in [0.25, 0.3) is 10.0 Å². The molecule has 0 bridgehead atoms. The first kappa shape index (κ1) is 20.9. The van der Waals surface area contributed by atoms with Gasteiger partial charge in [0.2, 0.25) is 0 Å². The molecular weight excluding hydrogens is 389 g/mol. The van der Waals surface area contributed by atoms with E-state index in [4.69, 9.17) is 4.74 Å². The van der Waals surface area contributed by atoms with Crippen LogP contribution >= 0.6 is 0 Å². The van der Waals surface area contributed by atoms with Crippen molar-refractivity contribution in [2.45, 2.75) is 31.2 Å². The van der Waals surface area contributed by atoms with Crippen molar-refractivity contribution >= 4 is 15.7 Å². The molecule has 0 aliphatic carbocycles. The van der Waals surface area contributed by atoms with Crippen LogP contribution in [0.5, 0.6) is 5.75 Å². The minimum absolute atomic E-state index is 0.0156. The highest BCUT2D eigenvalue weighted by Gasteiger charge is 2.28. The molecule has 3 rings (SSSR count). The Labute approximate surface area is 171 Å². The number of methoxy groups -OCH3 is 1. The highest BCUT2D eigenvalue weighted by molar-refractivity contribution is 7.92. The molecule has 3 aromatic rings. The largest absolute Gasteiger partial charge is 0.496 e. The monoisotopic (exact) mass is 413 g/mol. The maximum absolute atomic E-state index is 14.4. The molecule has 0 N–H and O–H groups in total. The lowest BCUT2D eigenvalue weighted by Gasteiger charge is -2.26. The zero-order valence-electron chi connectivity index (χ0n) is 16.7. The standard InChI is InChI=1S/C23H24FNO3S/c1-17(2)18-12-14-20(15-13-18)25(16-19-8-4-6-10-22(19)28-3)29(26,27)23-11-7-5-9-21(23)24/h4-15,17H,16H2,1-3H3. The second-order valence-corrected chi connectivity index (χ2v) is 8.83. The van der Waals surface area contributed by atoms with Crippen LogP contribution in [0.2, 0.25) is 0 Å². The Hall–Kier alpha value is -2.86. The molecule has 0 saturated heterocycles. The van der Waals surface area contributed by atoms with Crippen molar-refractivity contribution in [1.29, 1.82) is 0 Å². The molecule has 0 aliphatic heterocycles. The molecule has 0 fully saturated rings. The van der Waals surface area contributed by atoms with Crippen LogP contribution < -0.4 is 9.04 Å². The van der Waals surface area contributed by atoms with Crippen LogP contribution in [-0.4, -0.2) is 15.5 Å². The van der Waals surface area contributed by atoms with Crippen molar-refractivity contribution in [2.24, 2.45) is 0 Å². The summed E-state index contributed by atoms with van der Waals surface area (Å²) in [4.78, 5) is -0.358. The lowest BCUT2D eigenvalue weighted by Crippen LogP contribution is -2.31. The summed E-state index contributed by atoms with van der Waals surface area (Å²) in [5, 5.41) is 0. The van der Waals surface area contributed by atoms with Crippen LogP contribution in [0.1, 0.15) is 30.9 Å². The highest BCUT2D eigenvalue weighted by Crippen LogP contribution is 2.30. The number of para-hydroxylation sites is 1. The first-order valence-corrected chi connectivity index (χ1v) is 10.8. The van der Waals surface area contributed by atoms with Crippen molar-refractivity contribution in [2.75, 3.05) is 11.4 Å². The molecule has 0 aliphatic rings. The number of anilines is 1. The summed E-state index contributed by atoms with van der Waals surface area (Å²) < 4.78 is 47.8. The van der Waals surface area contributed by atoms with Crippen LogP contribution in [0.25, 0.3) is 0 Å². The van der Waals surface area contributed by atoms with Crippen molar-refractivity contribution in [3.05, 3.63) is 89.7 Å². The summed E-state index contributed by atoms with van der Waals surface area (Å²) in [6.45, 7) is 4.15. The van der Waals surface area contributed by atoms with Crippen LogP contribution in [-0.2, 0) is 16.6 Å². The zero-order chi connectivity index (χ0) is 21.0. The molecule has 0 unspecified atom stereocenters. The number of nitrogens with zero attached hydrogens (tertiary/aromatic N) is 1. The van der Waals surface area contributed by atoms with E-state index in [1.807, 2.05) is 24.3 Å². The maximum Gasteiger partial charge on any atom is 0.267 e. The number of hydrogen-bond donors (Lipinski definition) is 0. The Morgan fingerprint density at radius 1 is 0.931 bits per heavy atom. The van der Waals surface area contributed by atoms with Gasteiger partial charge in [0.15, 0.2) is 0 Å². The van der Waals surface area contributed by atoms with E-state index in [9.17, 15) is 12.8 Å². The Balaban J connectivity index is 2.12. The highest BCUT2D eigenvalue weighted by atomic mass is 32.2. The minimum atomic E-state index is -4.14. The predicted octanol–water partition coefficient (Wildman–Crippen LogP) is 5.35. The van der Waals surface area contributed by atoms with Gasteiger partial charge in [-0.3, -0.25) is 4.31 Å². The van der Waals surface area contributed by atoms with E-state index in [1.165, 1.54) is 29.6 Å². The van der Waals surface area contributed by atoms with E-state index < -0.39 is 15.8 Å². The van der Waals surface area contributed by atoms with E-state index in [1.54, 1.807) is 24.3 Å². The SMILES string of the molecule is COc1ccccc1CN(c1ccc(C(C)C)cc1)S(=O)(=O)c1ccccc1F. The number of rotatable bonds is 7. The number of sulfonamides is 1. The number of hydrogen-bond acceptors (Lipinski definition) is 3.